The van der Waals surface area contributed by atoms with E-state index in [0.717, 1.165) is 19.4 Å². The molecule has 122 valence electrons. The summed E-state index contributed by atoms with van der Waals surface area (Å²) < 4.78 is 4.88. The predicted octanol–water partition coefficient (Wildman–Crippen LogP) is 1.50. The summed E-state index contributed by atoms with van der Waals surface area (Å²) in [6, 6.07) is -0.00248. The van der Waals surface area contributed by atoms with Gasteiger partial charge in [-0.1, -0.05) is 0 Å². The summed E-state index contributed by atoms with van der Waals surface area (Å²) in [7, 11) is 0. The molecule has 0 aromatic rings. The maximum absolute atomic E-state index is 12.2. The molecule has 1 heterocycles. The fraction of sp³-hybridized carbons (Fsp3) is 0.867. The molecule has 0 aromatic heterocycles. The Morgan fingerprint density at radius 3 is 2.67 bits per heavy atom. The number of amides is 2. The molecule has 1 unspecified atom stereocenters. The molecule has 1 atom stereocenters. The van der Waals surface area contributed by atoms with Crippen molar-refractivity contribution in [1.29, 1.82) is 0 Å². The zero-order chi connectivity index (χ0) is 15.9. The van der Waals surface area contributed by atoms with Crippen LogP contribution in [0.3, 0.4) is 0 Å². The molecule has 0 spiro atoms. The lowest BCUT2D eigenvalue weighted by Gasteiger charge is -2.33. The van der Waals surface area contributed by atoms with E-state index in [-0.39, 0.29) is 17.5 Å². The molecule has 2 amide bonds. The van der Waals surface area contributed by atoms with Crippen molar-refractivity contribution in [1.82, 2.24) is 15.5 Å². The maximum Gasteiger partial charge on any atom is 0.407 e. The quantitative estimate of drug-likeness (QED) is 0.807. The van der Waals surface area contributed by atoms with Crippen LogP contribution in [0.5, 0.6) is 0 Å². The van der Waals surface area contributed by atoms with Crippen molar-refractivity contribution < 1.29 is 14.3 Å². The van der Waals surface area contributed by atoms with Crippen molar-refractivity contribution in [3.05, 3.63) is 0 Å². The molecule has 0 aliphatic carbocycles. The summed E-state index contributed by atoms with van der Waals surface area (Å²) in [5.74, 6) is 0.141. The van der Waals surface area contributed by atoms with E-state index in [9.17, 15) is 9.59 Å². The number of rotatable bonds is 5. The van der Waals surface area contributed by atoms with Gasteiger partial charge in [0.1, 0.15) is 0 Å². The number of piperidine rings is 1. The van der Waals surface area contributed by atoms with Crippen molar-refractivity contribution in [3.63, 3.8) is 0 Å². The number of carbonyl (C=O) groups excluding carboxylic acids is 2. The van der Waals surface area contributed by atoms with Crippen LogP contribution >= 0.6 is 0 Å². The fourth-order valence-corrected chi connectivity index (χ4v) is 2.36. The van der Waals surface area contributed by atoms with Crippen LogP contribution in [0, 0.1) is 0 Å². The average molecular weight is 299 g/mol. The summed E-state index contributed by atoms with van der Waals surface area (Å²) in [5.41, 5.74) is 0.0240. The number of carbonyl (C=O) groups is 2. The highest BCUT2D eigenvalue weighted by molar-refractivity contribution is 5.76. The van der Waals surface area contributed by atoms with Gasteiger partial charge in [0.05, 0.1) is 6.61 Å². The van der Waals surface area contributed by atoms with E-state index >= 15 is 0 Å². The van der Waals surface area contributed by atoms with E-state index in [2.05, 4.69) is 31.4 Å². The summed E-state index contributed by atoms with van der Waals surface area (Å²) >= 11 is 0. The number of hydrogen-bond donors (Lipinski definition) is 2. The van der Waals surface area contributed by atoms with E-state index in [4.69, 9.17) is 4.74 Å². The standard InChI is InChI=1S/C15H29N3O3/c1-5-21-14(20)17-12-7-6-10-18(11-12)13(19)8-9-16-15(2,3)4/h12,16H,5-11H2,1-4H3,(H,17,20). The number of alkyl carbamates (subject to hydrolysis) is 1. The van der Waals surface area contributed by atoms with Crippen molar-refractivity contribution >= 4 is 12.0 Å². The van der Waals surface area contributed by atoms with Crippen molar-refractivity contribution in [2.24, 2.45) is 0 Å². The van der Waals surface area contributed by atoms with Gasteiger partial charge in [-0.3, -0.25) is 4.79 Å². The number of nitrogens with zero attached hydrogens (tertiary/aromatic N) is 1. The Balaban J connectivity index is 2.34. The Morgan fingerprint density at radius 2 is 2.05 bits per heavy atom. The second kappa shape index (κ2) is 8.22. The third-order valence-electron chi connectivity index (χ3n) is 3.37. The molecular formula is C15H29N3O3. The predicted molar refractivity (Wildman–Crippen MR) is 82.1 cm³/mol. The minimum absolute atomic E-state index is 0.00248. The summed E-state index contributed by atoms with van der Waals surface area (Å²) in [6.07, 6.45) is 1.90. The van der Waals surface area contributed by atoms with E-state index in [1.807, 2.05) is 4.90 Å². The first-order chi connectivity index (χ1) is 9.81. The molecule has 1 saturated heterocycles. The van der Waals surface area contributed by atoms with E-state index in [1.165, 1.54) is 0 Å². The Kier molecular flexibility index (Phi) is 6.95. The highest BCUT2D eigenvalue weighted by atomic mass is 16.5. The Hall–Kier alpha value is -1.30. The van der Waals surface area contributed by atoms with Gasteiger partial charge in [-0.15, -0.1) is 0 Å². The highest BCUT2D eigenvalue weighted by Gasteiger charge is 2.25. The van der Waals surface area contributed by atoms with Crippen LogP contribution < -0.4 is 10.6 Å². The Labute approximate surface area is 127 Å². The third kappa shape index (κ3) is 7.32. The lowest BCUT2D eigenvalue weighted by molar-refractivity contribution is -0.132. The summed E-state index contributed by atoms with van der Waals surface area (Å²) in [5, 5.41) is 6.13. The van der Waals surface area contributed by atoms with E-state index in [1.54, 1.807) is 6.92 Å². The lowest BCUT2D eigenvalue weighted by Crippen LogP contribution is -2.50. The van der Waals surface area contributed by atoms with Gasteiger partial charge >= 0.3 is 6.09 Å². The van der Waals surface area contributed by atoms with Crippen LogP contribution in [-0.4, -0.2) is 54.7 Å². The van der Waals surface area contributed by atoms with Crippen LogP contribution in [0.15, 0.2) is 0 Å². The third-order valence-corrected chi connectivity index (χ3v) is 3.37. The van der Waals surface area contributed by atoms with Crippen LogP contribution in [0.25, 0.3) is 0 Å². The Morgan fingerprint density at radius 1 is 1.33 bits per heavy atom. The maximum atomic E-state index is 12.2. The van der Waals surface area contributed by atoms with Gasteiger partial charge in [0.2, 0.25) is 5.91 Å². The molecule has 21 heavy (non-hydrogen) atoms. The lowest BCUT2D eigenvalue weighted by atomic mass is 10.1. The van der Waals surface area contributed by atoms with Crippen LogP contribution in [0.4, 0.5) is 4.79 Å². The van der Waals surface area contributed by atoms with Gasteiger partial charge in [0, 0.05) is 37.6 Å². The minimum Gasteiger partial charge on any atom is -0.450 e. The molecular weight excluding hydrogens is 270 g/mol. The molecule has 0 aromatic carbocycles. The molecule has 6 nitrogen and oxygen atoms in total. The molecule has 6 heteroatoms. The van der Waals surface area contributed by atoms with Gasteiger partial charge < -0.3 is 20.3 Å². The zero-order valence-electron chi connectivity index (χ0n) is 13.7. The van der Waals surface area contributed by atoms with Crippen LogP contribution in [0.1, 0.15) is 47.0 Å². The molecule has 1 aliphatic heterocycles. The number of hydrogen-bond acceptors (Lipinski definition) is 4. The van der Waals surface area contributed by atoms with Crippen molar-refractivity contribution in [2.75, 3.05) is 26.2 Å². The fourth-order valence-electron chi connectivity index (χ4n) is 2.36. The molecule has 0 radical (unpaired) electrons. The largest absolute Gasteiger partial charge is 0.450 e. The first-order valence-electron chi connectivity index (χ1n) is 7.78. The average Bonchev–Trinajstić information content (AvgIpc) is 2.37. The minimum atomic E-state index is -0.397. The van der Waals surface area contributed by atoms with Crippen molar-refractivity contribution in [2.45, 2.75) is 58.5 Å². The second-order valence-corrected chi connectivity index (χ2v) is 6.47. The molecule has 2 N–H and O–H groups in total. The first kappa shape index (κ1) is 17.8. The number of likely N-dealkylation sites (tertiary alicyclic amines) is 1. The van der Waals surface area contributed by atoms with Gasteiger partial charge in [0.25, 0.3) is 0 Å². The van der Waals surface area contributed by atoms with Crippen LogP contribution in [-0.2, 0) is 9.53 Å². The SMILES string of the molecule is CCOC(=O)NC1CCCN(C(=O)CCNC(C)(C)C)C1. The first-order valence-corrected chi connectivity index (χ1v) is 7.78. The van der Waals surface area contributed by atoms with E-state index < -0.39 is 6.09 Å². The smallest absolute Gasteiger partial charge is 0.407 e. The van der Waals surface area contributed by atoms with Gasteiger partial charge in [-0.25, -0.2) is 4.79 Å². The number of nitrogens with one attached hydrogen (secondary N) is 2. The van der Waals surface area contributed by atoms with E-state index in [0.29, 0.717) is 26.1 Å². The monoisotopic (exact) mass is 299 g/mol. The number of ether oxygens (including phenoxy) is 1. The molecule has 1 rings (SSSR count). The summed E-state index contributed by atoms with van der Waals surface area (Å²) in [6.45, 7) is 10.4. The second-order valence-electron chi connectivity index (χ2n) is 6.47. The molecule has 1 fully saturated rings. The molecule has 0 bridgehead atoms. The van der Waals surface area contributed by atoms with Gasteiger partial charge in [-0.05, 0) is 40.5 Å². The van der Waals surface area contributed by atoms with Gasteiger partial charge in [-0.2, -0.15) is 0 Å². The normalized spacial score (nSPS) is 19.2. The zero-order valence-corrected chi connectivity index (χ0v) is 13.7. The Bertz CT molecular complexity index is 353. The molecule has 1 aliphatic rings. The van der Waals surface area contributed by atoms with Gasteiger partial charge in [0.15, 0.2) is 0 Å². The highest BCUT2D eigenvalue weighted by Crippen LogP contribution is 2.11. The van der Waals surface area contributed by atoms with Crippen molar-refractivity contribution in [3.8, 4) is 0 Å². The molecule has 0 saturated carbocycles. The van der Waals surface area contributed by atoms with Crippen LogP contribution in [0.2, 0.25) is 0 Å². The summed E-state index contributed by atoms with van der Waals surface area (Å²) in [4.78, 5) is 25.4. The topological polar surface area (TPSA) is 70.7 Å².